The van der Waals surface area contributed by atoms with Gasteiger partial charge in [-0.2, -0.15) is 0 Å². The third-order valence-corrected chi connectivity index (χ3v) is 4.43. The fourth-order valence-electron chi connectivity index (χ4n) is 3.01. The van der Waals surface area contributed by atoms with Crippen LogP contribution in [0, 0.1) is 5.82 Å². The Morgan fingerprint density at radius 3 is 2.36 bits per heavy atom. The van der Waals surface area contributed by atoms with Crippen LogP contribution in [0.2, 0.25) is 0 Å². The van der Waals surface area contributed by atoms with Crippen LogP contribution >= 0.6 is 0 Å². The van der Waals surface area contributed by atoms with Crippen LogP contribution in [0.3, 0.4) is 0 Å². The van der Waals surface area contributed by atoms with E-state index in [0.29, 0.717) is 32.7 Å². The van der Waals surface area contributed by atoms with Gasteiger partial charge in [0.05, 0.1) is 6.61 Å². The molecule has 0 spiro atoms. The lowest BCUT2D eigenvalue weighted by Gasteiger charge is -2.16. The minimum Gasteiger partial charge on any atom is -0.490 e. The van der Waals surface area contributed by atoms with Gasteiger partial charge in [-0.3, -0.25) is 0 Å². The molecule has 0 aromatic heterocycles. The van der Waals surface area contributed by atoms with E-state index in [9.17, 15) is 4.39 Å². The van der Waals surface area contributed by atoms with Crippen LogP contribution in [-0.2, 0) is 19.6 Å². The zero-order valence-corrected chi connectivity index (χ0v) is 16.2. The maximum Gasteiger partial charge on any atom is 0.166 e. The molecule has 0 heterocycles. The first-order chi connectivity index (χ1) is 13.8. The summed E-state index contributed by atoms with van der Waals surface area (Å²) >= 11 is 0. The lowest BCUT2D eigenvalue weighted by Crippen LogP contribution is -2.18. The number of hydrogen-bond acceptors (Lipinski definition) is 3. The maximum absolute atomic E-state index is 13.7. The molecule has 3 aromatic rings. The van der Waals surface area contributed by atoms with E-state index in [2.05, 4.69) is 5.32 Å². The summed E-state index contributed by atoms with van der Waals surface area (Å²) in [7, 11) is 0. The van der Waals surface area contributed by atoms with Gasteiger partial charge in [-0.05, 0) is 43.1 Å². The Balaban J connectivity index is 1.64. The summed E-state index contributed by atoms with van der Waals surface area (Å²) in [4.78, 5) is 0. The van der Waals surface area contributed by atoms with Crippen LogP contribution in [0.1, 0.15) is 23.6 Å². The molecule has 4 heteroatoms. The molecule has 0 aliphatic carbocycles. The van der Waals surface area contributed by atoms with Gasteiger partial charge >= 0.3 is 0 Å². The van der Waals surface area contributed by atoms with E-state index >= 15 is 0 Å². The normalized spacial score (nSPS) is 10.6. The molecule has 0 saturated heterocycles. The Morgan fingerprint density at radius 2 is 1.57 bits per heavy atom. The second-order valence-corrected chi connectivity index (χ2v) is 6.47. The average molecular weight is 379 g/mol. The number of ether oxygens (including phenoxy) is 2. The summed E-state index contributed by atoms with van der Waals surface area (Å²) in [6, 6.07) is 22.9. The zero-order valence-electron chi connectivity index (χ0n) is 16.2. The molecule has 1 N–H and O–H groups in total. The van der Waals surface area contributed by atoms with Gasteiger partial charge in [0.1, 0.15) is 12.4 Å². The minimum atomic E-state index is -0.158. The van der Waals surface area contributed by atoms with Crippen LogP contribution in [0.15, 0.2) is 72.8 Å². The van der Waals surface area contributed by atoms with E-state index < -0.39 is 0 Å². The van der Waals surface area contributed by atoms with Crippen molar-refractivity contribution in [3.8, 4) is 11.5 Å². The quantitative estimate of drug-likeness (QED) is 0.495. The highest BCUT2D eigenvalue weighted by Gasteiger charge is 2.11. The Kier molecular flexibility index (Phi) is 7.44. The van der Waals surface area contributed by atoms with Crippen molar-refractivity contribution in [2.24, 2.45) is 0 Å². The second-order valence-electron chi connectivity index (χ2n) is 6.47. The summed E-state index contributed by atoms with van der Waals surface area (Å²) in [5.74, 6) is 1.34. The van der Waals surface area contributed by atoms with Crippen molar-refractivity contribution < 1.29 is 13.9 Å². The van der Waals surface area contributed by atoms with Crippen LogP contribution in [0.25, 0.3) is 0 Å². The zero-order chi connectivity index (χ0) is 19.6. The maximum atomic E-state index is 13.7. The smallest absolute Gasteiger partial charge is 0.166 e. The van der Waals surface area contributed by atoms with Crippen molar-refractivity contribution in [2.45, 2.75) is 26.5 Å². The van der Waals surface area contributed by atoms with E-state index in [1.54, 1.807) is 6.07 Å². The Labute approximate surface area is 166 Å². The molecular weight excluding hydrogens is 353 g/mol. The standard InChI is InChI=1S/C24H26FNO2/c1-2-27-23-14-8-12-21(24(23)28-18-19-9-4-3-5-10-19)17-26-16-15-20-11-6-7-13-22(20)25/h3-14,26H,2,15-18H2,1H3. The van der Waals surface area contributed by atoms with Gasteiger partial charge in [0.25, 0.3) is 0 Å². The molecule has 0 radical (unpaired) electrons. The molecule has 0 fully saturated rings. The largest absolute Gasteiger partial charge is 0.490 e. The van der Waals surface area contributed by atoms with Crippen LogP contribution in [0.5, 0.6) is 11.5 Å². The summed E-state index contributed by atoms with van der Waals surface area (Å²) in [5, 5.41) is 3.38. The van der Waals surface area contributed by atoms with E-state index in [1.165, 1.54) is 6.07 Å². The number of halogens is 1. The number of rotatable bonds is 10. The monoisotopic (exact) mass is 379 g/mol. The average Bonchev–Trinajstić information content (AvgIpc) is 2.73. The first kappa shape index (κ1) is 19.9. The van der Waals surface area contributed by atoms with Gasteiger partial charge in [-0.15, -0.1) is 0 Å². The molecule has 0 aliphatic rings. The Hall–Kier alpha value is -2.85. The van der Waals surface area contributed by atoms with Crippen molar-refractivity contribution in [2.75, 3.05) is 13.2 Å². The van der Waals surface area contributed by atoms with Gasteiger partial charge in [-0.25, -0.2) is 4.39 Å². The van der Waals surface area contributed by atoms with Gasteiger partial charge in [-0.1, -0.05) is 60.7 Å². The summed E-state index contributed by atoms with van der Waals surface area (Å²) in [6.07, 6.45) is 0.637. The van der Waals surface area contributed by atoms with Crippen LogP contribution in [-0.4, -0.2) is 13.2 Å². The van der Waals surface area contributed by atoms with Crippen LogP contribution < -0.4 is 14.8 Å². The Bertz CT molecular complexity index is 867. The number of benzene rings is 3. The van der Waals surface area contributed by atoms with Crippen molar-refractivity contribution in [1.82, 2.24) is 5.32 Å². The molecule has 0 unspecified atom stereocenters. The molecule has 0 saturated carbocycles. The molecule has 3 aromatic carbocycles. The molecule has 0 atom stereocenters. The third-order valence-electron chi connectivity index (χ3n) is 4.43. The van der Waals surface area contributed by atoms with Gasteiger partial charge in [0.2, 0.25) is 0 Å². The highest BCUT2D eigenvalue weighted by Crippen LogP contribution is 2.32. The predicted molar refractivity (Wildman–Crippen MR) is 110 cm³/mol. The summed E-state index contributed by atoms with van der Waals surface area (Å²) in [5.41, 5.74) is 2.85. The van der Waals surface area contributed by atoms with Gasteiger partial charge in [0.15, 0.2) is 11.5 Å². The lowest BCUT2D eigenvalue weighted by molar-refractivity contribution is 0.266. The number of nitrogens with one attached hydrogen (secondary N) is 1. The molecule has 146 valence electrons. The minimum absolute atomic E-state index is 0.158. The van der Waals surface area contributed by atoms with Crippen molar-refractivity contribution in [3.63, 3.8) is 0 Å². The topological polar surface area (TPSA) is 30.5 Å². The molecule has 0 aliphatic heterocycles. The fourth-order valence-corrected chi connectivity index (χ4v) is 3.01. The second kappa shape index (κ2) is 10.5. The first-order valence-electron chi connectivity index (χ1n) is 9.63. The highest BCUT2D eigenvalue weighted by molar-refractivity contribution is 5.46. The van der Waals surface area contributed by atoms with E-state index in [0.717, 1.165) is 28.2 Å². The third kappa shape index (κ3) is 5.57. The van der Waals surface area contributed by atoms with Crippen molar-refractivity contribution in [1.29, 1.82) is 0 Å². The van der Waals surface area contributed by atoms with Crippen molar-refractivity contribution in [3.05, 3.63) is 95.3 Å². The molecular formula is C24H26FNO2. The Morgan fingerprint density at radius 1 is 0.821 bits per heavy atom. The van der Waals surface area contributed by atoms with Crippen LogP contribution in [0.4, 0.5) is 4.39 Å². The summed E-state index contributed by atoms with van der Waals surface area (Å²) < 4.78 is 25.6. The summed E-state index contributed by atoms with van der Waals surface area (Å²) in [6.45, 7) is 4.32. The number of para-hydroxylation sites is 1. The SMILES string of the molecule is CCOc1cccc(CNCCc2ccccc2F)c1OCc1ccccc1. The van der Waals surface area contributed by atoms with E-state index in [1.807, 2.05) is 67.6 Å². The fraction of sp³-hybridized carbons (Fsp3) is 0.250. The lowest BCUT2D eigenvalue weighted by atomic mass is 10.1. The van der Waals surface area contributed by atoms with E-state index in [-0.39, 0.29) is 5.82 Å². The van der Waals surface area contributed by atoms with Gasteiger partial charge in [0, 0.05) is 12.1 Å². The van der Waals surface area contributed by atoms with Crippen molar-refractivity contribution >= 4 is 0 Å². The van der Waals surface area contributed by atoms with E-state index in [4.69, 9.17) is 9.47 Å². The highest BCUT2D eigenvalue weighted by atomic mass is 19.1. The molecule has 0 amide bonds. The predicted octanol–water partition coefficient (Wildman–Crippen LogP) is 5.14. The molecule has 3 rings (SSSR count). The number of hydrogen-bond donors (Lipinski definition) is 1. The first-order valence-corrected chi connectivity index (χ1v) is 9.63. The molecule has 3 nitrogen and oxygen atoms in total. The molecule has 28 heavy (non-hydrogen) atoms. The molecule has 0 bridgehead atoms. The van der Waals surface area contributed by atoms with Gasteiger partial charge < -0.3 is 14.8 Å².